The number of hydrogen-bond donors (Lipinski definition) is 1. The Kier molecular flexibility index (Phi) is 4.26. The summed E-state index contributed by atoms with van der Waals surface area (Å²) in [6, 6.07) is 10.8. The molecule has 2 aromatic rings. The number of rotatable bonds is 4. The van der Waals surface area contributed by atoms with Crippen LogP contribution >= 0.6 is 23.1 Å². The fourth-order valence-electron chi connectivity index (χ4n) is 1.68. The zero-order chi connectivity index (χ0) is 12.3. The molecule has 1 nitrogen and oxygen atoms in total. The second-order valence-corrected chi connectivity index (χ2v) is 6.35. The number of thioether (sulfide) groups is 1. The number of benzene rings is 1. The summed E-state index contributed by atoms with van der Waals surface area (Å²) in [5, 5.41) is 2.48. The number of hydrogen-bond acceptors (Lipinski definition) is 3. The van der Waals surface area contributed by atoms with Gasteiger partial charge in [0.05, 0.1) is 5.25 Å². The third kappa shape index (κ3) is 3.12. The van der Waals surface area contributed by atoms with Crippen molar-refractivity contribution < 1.29 is 0 Å². The molecule has 0 fully saturated rings. The van der Waals surface area contributed by atoms with E-state index < -0.39 is 0 Å². The monoisotopic (exact) mass is 263 g/mol. The van der Waals surface area contributed by atoms with Crippen LogP contribution in [0.2, 0.25) is 0 Å². The first-order chi connectivity index (χ1) is 8.20. The average molecular weight is 263 g/mol. The van der Waals surface area contributed by atoms with Gasteiger partial charge in [0.2, 0.25) is 0 Å². The van der Waals surface area contributed by atoms with Crippen LogP contribution in [0.25, 0.3) is 0 Å². The van der Waals surface area contributed by atoms with Crippen LogP contribution in [0.3, 0.4) is 0 Å². The van der Waals surface area contributed by atoms with E-state index in [9.17, 15) is 0 Å². The summed E-state index contributed by atoms with van der Waals surface area (Å²) in [5.74, 6) is 0. The third-order valence-corrected chi connectivity index (χ3v) is 5.25. The highest BCUT2D eigenvalue weighted by Gasteiger charge is 2.13. The van der Waals surface area contributed by atoms with Gasteiger partial charge in [-0.2, -0.15) is 0 Å². The van der Waals surface area contributed by atoms with Crippen LogP contribution in [0.4, 0.5) is 0 Å². The van der Waals surface area contributed by atoms with Gasteiger partial charge in [0.15, 0.2) is 0 Å². The molecule has 2 N–H and O–H groups in total. The SMILES string of the molecule is Cc1ccc(C)c(SC(CN)c2cccs2)c1. The quantitative estimate of drug-likeness (QED) is 0.838. The first-order valence-electron chi connectivity index (χ1n) is 5.68. The first kappa shape index (κ1) is 12.7. The summed E-state index contributed by atoms with van der Waals surface area (Å²) < 4.78 is 0. The molecule has 1 aromatic heterocycles. The van der Waals surface area contributed by atoms with Gasteiger partial charge < -0.3 is 5.73 Å². The van der Waals surface area contributed by atoms with Crippen molar-refractivity contribution in [3.05, 3.63) is 51.7 Å². The molecule has 0 saturated carbocycles. The topological polar surface area (TPSA) is 26.0 Å². The molecular weight excluding hydrogens is 246 g/mol. The molecule has 0 radical (unpaired) electrons. The van der Waals surface area contributed by atoms with Crippen molar-refractivity contribution in [3.8, 4) is 0 Å². The maximum Gasteiger partial charge on any atom is 0.0560 e. The number of thiophene rings is 1. The van der Waals surface area contributed by atoms with Crippen molar-refractivity contribution in [1.29, 1.82) is 0 Å². The van der Waals surface area contributed by atoms with Gasteiger partial charge in [-0.05, 0) is 36.9 Å². The second kappa shape index (κ2) is 5.71. The van der Waals surface area contributed by atoms with E-state index in [1.807, 2.05) is 11.8 Å². The van der Waals surface area contributed by atoms with E-state index in [2.05, 4.69) is 49.6 Å². The van der Waals surface area contributed by atoms with Crippen molar-refractivity contribution in [2.75, 3.05) is 6.54 Å². The highest BCUT2D eigenvalue weighted by molar-refractivity contribution is 7.99. The Balaban J connectivity index is 2.21. The Labute approximate surface area is 111 Å². The summed E-state index contributed by atoms with van der Waals surface area (Å²) in [7, 11) is 0. The predicted octanol–water partition coefficient (Wildman–Crippen LogP) is 4.16. The molecule has 0 bridgehead atoms. The van der Waals surface area contributed by atoms with Crippen LogP contribution in [0.15, 0.2) is 40.6 Å². The van der Waals surface area contributed by atoms with Gasteiger partial charge in [-0.1, -0.05) is 23.8 Å². The zero-order valence-corrected chi connectivity index (χ0v) is 11.8. The molecule has 0 aliphatic heterocycles. The molecule has 1 atom stereocenters. The zero-order valence-electron chi connectivity index (χ0n) is 10.1. The second-order valence-electron chi connectivity index (χ2n) is 4.13. The van der Waals surface area contributed by atoms with Gasteiger partial charge in [-0.3, -0.25) is 0 Å². The lowest BCUT2D eigenvalue weighted by Crippen LogP contribution is -2.08. The van der Waals surface area contributed by atoms with Gasteiger partial charge in [0.25, 0.3) is 0 Å². The van der Waals surface area contributed by atoms with Crippen LogP contribution in [0, 0.1) is 13.8 Å². The fourth-order valence-corrected chi connectivity index (χ4v) is 3.82. The molecule has 0 aliphatic carbocycles. The van der Waals surface area contributed by atoms with Gasteiger partial charge in [-0.25, -0.2) is 0 Å². The predicted molar refractivity (Wildman–Crippen MR) is 77.9 cm³/mol. The van der Waals surface area contributed by atoms with Gasteiger partial charge >= 0.3 is 0 Å². The Morgan fingerprint density at radius 1 is 1.29 bits per heavy atom. The molecule has 0 spiro atoms. The molecular formula is C14H17NS2. The number of nitrogens with two attached hydrogens (primary N) is 1. The Hall–Kier alpha value is -0.770. The molecule has 3 heteroatoms. The van der Waals surface area contributed by atoms with Crippen LogP contribution in [0.1, 0.15) is 21.3 Å². The molecule has 2 rings (SSSR count). The molecule has 0 saturated heterocycles. The van der Waals surface area contributed by atoms with Crippen LogP contribution in [-0.2, 0) is 0 Å². The lowest BCUT2D eigenvalue weighted by molar-refractivity contribution is 0.959. The summed E-state index contributed by atoms with van der Waals surface area (Å²) in [4.78, 5) is 2.70. The molecule has 0 aliphatic rings. The smallest absolute Gasteiger partial charge is 0.0560 e. The fraction of sp³-hybridized carbons (Fsp3) is 0.286. The van der Waals surface area contributed by atoms with Gasteiger partial charge in [-0.15, -0.1) is 23.1 Å². The Morgan fingerprint density at radius 3 is 2.76 bits per heavy atom. The van der Waals surface area contributed by atoms with Crippen LogP contribution in [-0.4, -0.2) is 6.54 Å². The maximum absolute atomic E-state index is 5.89. The molecule has 0 amide bonds. The maximum atomic E-state index is 5.89. The Morgan fingerprint density at radius 2 is 2.12 bits per heavy atom. The van der Waals surface area contributed by atoms with E-state index in [-0.39, 0.29) is 0 Å². The van der Waals surface area contributed by atoms with Crippen LogP contribution in [0.5, 0.6) is 0 Å². The van der Waals surface area contributed by atoms with E-state index in [1.165, 1.54) is 20.9 Å². The van der Waals surface area contributed by atoms with Crippen molar-refractivity contribution >= 4 is 23.1 Å². The highest BCUT2D eigenvalue weighted by Crippen LogP contribution is 2.38. The molecule has 1 unspecified atom stereocenters. The van der Waals surface area contributed by atoms with Crippen molar-refractivity contribution in [2.24, 2.45) is 5.73 Å². The summed E-state index contributed by atoms with van der Waals surface area (Å²) >= 11 is 3.66. The standard InChI is InChI=1S/C14H17NS2/c1-10-5-6-11(2)13(8-10)17-14(9-15)12-4-3-7-16-12/h3-8,14H,9,15H2,1-2H3. The lowest BCUT2D eigenvalue weighted by Gasteiger charge is -2.14. The van der Waals surface area contributed by atoms with Crippen LogP contribution < -0.4 is 5.73 Å². The van der Waals surface area contributed by atoms with E-state index in [4.69, 9.17) is 5.73 Å². The minimum absolute atomic E-state index is 0.371. The molecule has 17 heavy (non-hydrogen) atoms. The molecule has 1 heterocycles. The first-order valence-corrected chi connectivity index (χ1v) is 7.44. The minimum atomic E-state index is 0.371. The van der Waals surface area contributed by atoms with Gasteiger partial charge in [0.1, 0.15) is 0 Å². The lowest BCUT2D eigenvalue weighted by atomic mass is 10.2. The number of aryl methyl sites for hydroxylation is 2. The Bertz CT molecular complexity index is 477. The van der Waals surface area contributed by atoms with Crippen molar-refractivity contribution in [1.82, 2.24) is 0 Å². The molecule has 1 aromatic carbocycles. The normalized spacial score (nSPS) is 12.6. The summed E-state index contributed by atoms with van der Waals surface area (Å²) in [5.41, 5.74) is 8.52. The van der Waals surface area contributed by atoms with Crippen molar-refractivity contribution in [3.63, 3.8) is 0 Å². The third-order valence-electron chi connectivity index (χ3n) is 2.69. The average Bonchev–Trinajstić information content (AvgIpc) is 2.84. The highest BCUT2D eigenvalue weighted by atomic mass is 32.2. The minimum Gasteiger partial charge on any atom is -0.329 e. The largest absolute Gasteiger partial charge is 0.329 e. The summed E-state index contributed by atoms with van der Waals surface area (Å²) in [6.07, 6.45) is 0. The summed E-state index contributed by atoms with van der Waals surface area (Å²) in [6.45, 7) is 4.97. The van der Waals surface area contributed by atoms with Gasteiger partial charge in [0, 0.05) is 16.3 Å². The van der Waals surface area contributed by atoms with E-state index in [0.29, 0.717) is 11.8 Å². The van der Waals surface area contributed by atoms with E-state index in [0.717, 1.165) is 0 Å². The van der Waals surface area contributed by atoms with Crippen molar-refractivity contribution in [2.45, 2.75) is 24.0 Å². The molecule has 90 valence electrons. The van der Waals surface area contributed by atoms with E-state index in [1.54, 1.807) is 11.3 Å². The van der Waals surface area contributed by atoms with E-state index >= 15 is 0 Å².